The fourth-order valence-electron chi connectivity index (χ4n) is 3.49. The van der Waals surface area contributed by atoms with E-state index in [1.165, 1.54) is 0 Å². The summed E-state index contributed by atoms with van der Waals surface area (Å²) in [6.07, 6.45) is 3.67. The van der Waals surface area contributed by atoms with E-state index in [0.717, 1.165) is 25.7 Å². The van der Waals surface area contributed by atoms with Crippen LogP contribution in [0.2, 0.25) is 0 Å². The maximum Gasteiger partial charge on any atom is 0.253 e. The Morgan fingerprint density at radius 1 is 1.12 bits per heavy atom. The minimum Gasteiger partial charge on any atom is -0.337 e. The molecule has 0 radical (unpaired) electrons. The molecule has 2 N–H and O–H groups in total. The van der Waals surface area contributed by atoms with Gasteiger partial charge in [-0.05, 0) is 50.5 Å². The SMILES string of the molecule is CC1CCCCN1S(=O)(=O)c1ccc(C(=O)N2CC[C@@H](N)C2)cc1.Cl. The summed E-state index contributed by atoms with van der Waals surface area (Å²) in [7, 11) is -3.49. The third kappa shape index (κ3) is 4.16. The summed E-state index contributed by atoms with van der Waals surface area (Å²) in [6.45, 7) is 3.73. The van der Waals surface area contributed by atoms with Gasteiger partial charge in [0.05, 0.1) is 4.90 Å². The summed E-state index contributed by atoms with van der Waals surface area (Å²) in [5, 5.41) is 0. The Balaban J connectivity index is 0.00000225. The molecule has 6 nitrogen and oxygen atoms in total. The molecule has 140 valence electrons. The van der Waals surface area contributed by atoms with Crippen LogP contribution in [-0.2, 0) is 10.0 Å². The topological polar surface area (TPSA) is 83.7 Å². The second kappa shape index (κ2) is 8.03. The Labute approximate surface area is 155 Å². The summed E-state index contributed by atoms with van der Waals surface area (Å²) >= 11 is 0. The predicted molar refractivity (Wildman–Crippen MR) is 99.4 cm³/mol. The largest absolute Gasteiger partial charge is 0.337 e. The zero-order chi connectivity index (χ0) is 17.3. The zero-order valence-corrected chi connectivity index (χ0v) is 16.1. The first kappa shape index (κ1) is 20.2. The molecule has 2 fully saturated rings. The van der Waals surface area contributed by atoms with Crippen LogP contribution in [0, 0.1) is 0 Å². The number of nitrogens with zero attached hydrogens (tertiary/aromatic N) is 2. The van der Waals surface area contributed by atoms with E-state index in [9.17, 15) is 13.2 Å². The summed E-state index contributed by atoms with van der Waals surface area (Å²) in [6, 6.07) is 6.35. The Hall–Kier alpha value is -1.15. The second-order valence-electron chi connectivity index (χ2n) is 6.78. The van der Waals surface area contributed by atoms with Gasteiger partial charge in [-0.1, -0.05) is 6.42 Å². The van der Waals surface area contributed by atoms with Gasteiger partial charge in [-0.3, -0.25) is 4.79 Å². The molecule has 2 saturated heterocycles. The lowest BCUT2D eigenvalue weighted by Crippen LogP contribution is -2.41. The molecule has 0 saturated carbocycles. The number of amides is 1. The second-order valence-corrected chi connectivity index (χ2v) is 8.68. The van der Waals surface area contributed by atoms with Crippen molar-refractivity contribution in [1.29, 1.82) is 0 Å². The lowest BCUT2D eigenvalue weighted by molar-refractivity contribution is 0.0790. The van der Waals surface area contributed by atoms with Crippen LogP contribution in [0.25, 0.3) is 0 Å². The molecule has 1 amide bonds. The van der Waals surface area contributed by atoms with Crippen LogP contribution >= 0.6 is 12.4 Å². The van der Waals surface area contributed by atoms with Crippen molar-refractivity contribution in [3.63, 3.8) is 0 Å². The molecule has 8 heteroatoms. The molecular formula is C17H26ClN3O3S. The number of carbonyl (C=O) groups is 1. The van der Waals surface area contributed by atoms with Gasteiger partial charge in [-0.25, -0.2) is 8.42 Å². The number of likely N-dealkylation sites (tertiary alicyclic amines) is 1. The average molecular weight is 388 g/mol. The van der Waals surface area contributed by atoms with Gasteiger partial charge in [0.15, 0.2) is 0 Å². The molecule has 1 aromatic carbocycles. The van der Waals surface area contributed by atoms with Crippen LogP contribution in [0.1, 0.15) is 43.0 Å². The number of piperidine rings is 1. The van der Waals surface area contributed by atoms with Crippen molar-refractivity contribution in [2.24, 2.45) is 5.73 Å². The minimum absolute atomic E-state index is 0. The number of hydrogen-bond donors (Lipinski definition) is 1. The molecule has 2 aliphatic rings. The Bertz CT molecular complexity index is 708. The summed E-state index contributed by atoms with van der Waals surface area (Å²) in [5.41, 5.74) is 6.35. The Morgan fingerprint density at radius 3 is 2.36 bits per heavy atom. The van der Waals surface area contributed by atoms with Crippen LogP contribution < -0.4 is 5.73 Å². The first-order chi connectivity index (χ1) is 11.4. The number of halogens is 1. The van der Waals surface area contributed by atoms with Crippen molar-refractivity contribution in [1.82, 2.24) is 9.21 Å². The fraction of sp³-hybridized carbons (Fsp3) is 0.588. The number of benzene rings is 1. The van der Waals surface area contributed by atoms with Crippen LogP contribution in [0.4, 0.5) is 0 Å². The standard InChI is InChI=1S/C17H25N3O3S.ClH/c1-13-4-2-3-10-20(13)24(22,23)16-7-5-14(6-8-16)17(21)19-11-9-15(18)12-19;/h5-8,13,15H,2-4,9-12,18H2,1H3;1H/t13?,15-;/m1./s1. The first-order valence-electron chi connectivity index (χ1n) is 8.56. The first-order valence-corrected chi connectivity index (χ1v) is 10.0. The molecule has 0 bridgehead atoms. The highest BCUT2D eigenvalue weighted by Crippen LogP contribution is 2.25. The van der Waals surface area contributed by atoms with E-state index in [-0.39, 0.29) is 35.3 Å². The number of rotatable bonds is 3. The van der Waals surface area contributed by atoms with Crippen LogP contribution in [-0.4, -0.2) is 55.2 Å². The lowest BCUT2D eigenvalue weighted by Gasteiger charge is -2.32. The highest BCUT2D eigenvalue weighted by Gasteiger charge is 2.31. The van der Waals surface area contributed by atoms with E-state index < -0.39 is 10.0 Å². The molecule has 2 aliphatic heterocycles. The van der Waals surface area contributed by atoms with Crippen LogP contribution in [0.5, 0.6) is 0 Å². The van der Waals surface area contributed by atoms with E-state index in [4.69, 9.17) is 5.73 Å². The predicted octanol–water partition coefficient (Wildman–Crippen LogP) is 1.84. The molecule has 1 aromatic rings. The van der Waals surface area contributed by atoms with Crippen molar-refractivity contribution >= 4 is 28.3 Å². The average Bonchev–Trinajstić information content (AvgIpc) is 3.01. The molecule has 0 spiro atoms. The van der Waals surface area contributed by atoms with Gasteiger partial charge in [-0.15, -0.1) is 12.4 Å². The lowest BCUT2D eigenvalue weighted by atomic mass is 10.1. The van der Waals surface area contributed by atoms with Gasteiger partial charge in [-0.2, -0.15) is 4.31 Å². The highest BCUT2D eigenvalue weighted by molar-refractivity contribution is 7.89. The number of carbonyl (C=O) groups excluding carboxylic acids is 1. The van der Waals surface area contributed by atoms with Gasteiger partial charge in [0.25, 0.3) is 5.91 Å². The maximum absolute atomic E-state index is 12.8. The fourth-order valence-corrected chi connectivity index (χ4v) is 5.19. The van der Waals surface area contributed by atoms with E-state index >= 15 is 0 Å². The maximum atomic E-state index is 12.8. The van der Waals surface area contributed by atoms with Gasteiger partial charge >= 0.3 is 0 Å². The minimum atomic E-state index is -3.49. The Morgan fingerprint density at radius 2 is 1.80 bits per heavy atom. The molecular weight excluding hydrogens is 362 g/mol. The van der Waals surface area contributed by atoms with E-state index in [2.05, 4.69) is 0 Å². The summed E-state index contributed by atoms with van der Waals surface area (Å²) in [5.74, 6) is -0.0850. The third-order valence-electron chi connectivity index (χ3n) is 4.96. The summed E-state index contributed by atoms with van der Waals surface area (Å²) < 4.78 is 27.2. The van der Waals surface area contributed by atoms with Gasteiger partial charge < -0.3 is 10.6 Å². The van der Waals surface area contributed by atoms with Gasteiger partial charge in [0.2, 0.25) is 10.0 Å². The van der Waals surface area contributed by atoms with E-state index in [1.807, 2.05) is 6.92 Å². The number of sulfonamides is 1. The van der Waals surface area contributed by atoms with Crippen molar-refractivity contribution in [2.75, 3.05) is 19.6 Å². The van der Waals surface area contributed by atoms with Gasteiger partial charge in [0, 0.05) is 37.3 Å². The van der Waals surface area contributed by atoms with Crippen LogP contribution in [0.15, 0.2) is 29.2 Å². The smallest absolute Gasteiger partial charge is 0.253 e. The normalized spacial score (nSPS) is 24.8. The summed E-state index contributed by atoms with van der Waals surface area (Å²) in [4.78, 5) is 14.4. The molecule has 0 aromatic heterocycles. The van der Waals surface area contributed by atoms with Crippen LogP contribution in [0.3, 0.4) is 0 Å². The third-order valence-corrected chi connectivity index (χ3v) is 6.99. The molecule has 3 rings (SSSR count). The van der Waals surface area contributed by atoms with Crippen molar-refractivity contribution in [3.8, 4) is 0 Å². The molecule has 25 heavy (non-hydrogen) atoms. The van der Waals surface area contributed by atoms with Crippen molar-refractivity contribution in [2.45, 2.75) is 49.6 Å². The molecule has 2 atom stereocenters. The number of nitrogens with two attached hydrogens (primary N) is 1. The molecule has 2 heterocycles. The van der Waals surface area contributed by atoms with Gasteiger partial charge in [0.1, 0.15) is 0 Å². The monoisotopic (exact) mass is 387 g/mol. The highest BCUT2D eigenvalue weighted by atomic mass is 35.5. The van der Waals surface area contributed by atoms with Crippen molar-refractivity contribution < 1.29 is 13.2 Å². The van der Waals surface area contributed by atoms with E-state index in [1.54, 1.807) is 33.5 Å². The quantitative estimate of drug-likeness (QED) is 0.857. The van der Waals surface area contributed by atoms with Crippen molar-refractivity contribution in [3.05, 3.63) is 29.8 Å². The molecule has 1 unspecified atom stereocenters. The number of hydrogen-bond acceptors (Lipinski definition) is 4. The Kier molecular flexibility index (Phi) is 6.48. The zero-order valence-electron chi connectivity index (χ0n) is 14.4. The van der Waals surface area contributed by atoms with E-state index in [0.29, 0.717) is 25.2 Å². The molecule has 0 aliphatic carbocycles.